The first-order valence-electron chi connectivity index (χ1n) is 7.69. The Labute approximate surface area is 129 Å². The molecule has 1 amide bonds. The van der Waals surface area contributed by atoms with E-state index in [1.807, 2.05) is 0 Å². The monoisotopic (exact) mass is 306 g/mol. The lowest BCUT2D eigenvalue weighted by atomic mass is 9.94. The molecule has 3 N–H and O–H groups in total. The molecular weight excluding hydrogens is 284 g/mol. The molecule has 2 aliphatic rings. The van der Waals surface area contributed by atoms with Crippen LogP contribution in [-0.4, -0.2) is 64.3 Å². The molecule has 0 aromatic carbocycles. The average Bonchev–Trinajstić information content (AvgIpc) is 2.93. The Kier molecular flexibility index (Phi) is 4.37. The number of primary amides is 1. The van der Waals surface area contributed by atoms with E-state index in [9.17, 15) is 9.90 Å². The van der Waals surface area contributed by atoms with Crippen molar-refractivity contribution < 1.29 is 14.6 Å². The van der Waals surface area contributed by atoms with E-state index in [2.05, 4.69) is 14.9 Å². The summed E-state index contributed by atoms with van der Waals surface area (Å²) in [5.41, 5.74) is 6.30. The summed E-state index contributed by atoms with van der Waals surface area (Å²) in [5.74, 6) is 0.579. The summed E-state index contributed by atoms with van der Waals surface area (Å²) in [6, 6.07) is 0.112. The van der Waals surface area contributed by atoms with Crippen molar-refractivity contribution in [3.8, 4) is 0 Å². The lowest BCUT2D eigenvalue weighted by molar-refractivity contribution is 0.0657. The number of nitrogens with zero attached hydrogens (tertiary/aromatic N) is 3. The Hall–Kier alpha value is -1.57. The highest BCUT2D eigenvalue weighted by Crippen LogP contribution is 2.28. The predicted molar refractivity (Wildman–Crippen MR) is 79.4 cm³/mol. The number of carbonyl (C=O) groups is 1. The number of aliphatic hydroxyl groups is 1. The van der Waals surface area contributed by atoms with Crippen LogP contribution in [0.1, 0.15) is 40.6 Å². The smallest absolute Gasteiger partial charge is 0.252 e. The molecule has 0 radical (unpaired) electrons. The van der Waals surface area contributed by atoms with E-state index in [1.165, 1.54) is 6.20 Å². The van der Waals surface area contributed by atoms with Gasteiger partial charge in [0.25, 0.3) is 5.91 Å². The molecule has 3 rings (SSSR count). The van der Waals surface area contributed by atoms with Crippen LogP contribution in [0.3, 0.4) is 0 Å². The van der Waals surface area contributed by atoms with Crippen LogP contribution in [0, 0.1) is 6.92 Å². The number of hydrogen-bond acceptors (Lipinski definition) is 6. The van der Waals surface area contributed by atoms with Crippen molar-refractivity contribution in [3.63, 3.8) is 0 Å². The van der Waals surface area contributed by atoms with Crippen LogP contribution >= 0.6 is 0 Å². The Morgan fingerprint density at radius 2 is 2.14 bits per heavy atom. The Morgan fingerprint density at radius 3 is 2.68 bits per heavy atom. The van der Waals surface area contributed by atoms with Crippen LogP contribution in [0.4, 0.5) is 0 Å². The summed E-state index contributed by atoms with van der Waals surface area (Å²) in [6.45, 7) is 4.62. The van der Waals surface area contributed by atoms with Crippen molar-refractivity contribution in [1.29, 1.82) is 0 Å². The molecule has 0 saturated carbocycles. The molecule has 7 heteroatoms. The molecule has 2 fully saturated rings. The van der Waals surface area contributed by atoms with Gasteiger partial charge >= 0.3 is 0 Å². The van der Waals surface area contributed by atoms with E-state index >= 15 is 0 Å². The number of hydrogen-bond donors (Lipinski definition) is 2. The number of aromatic nitrogens is 2. The minimum Gasteiger partial charge on any atom is -0.389 e. The summed E-state index contributed by atoms with van der Waals surface area (Å²) in [6.07, 6.45) is 3.03. The maximum Gasteiger partial charge on any atom is 0.252 e. The van der Waals surface area contributed by atoms with Crippen LogP contribution in [-0.2, 0) is 4.74 Å². The molecule has 1 aromatic heterocycles. The second kappa shape index (κ2) is 6.28. The predicted octanol–water partition coefficient (Wildman–Crippen LogP) is -0.177. The maximum atomic E-state index is 11.2. The minimum atomic E-state index is -0.492. The molecule has 2 aliphatic heterocycles. The number of ether oxygens (including phenoxy) is 1. The number of aryl methyl sites for hydroxylation is 1. The van der Waals surface area contributed by atoms with Crippen LogP contribution < -0.4 is 5.73 Å². The average molecular weight is 306 g/mol. The molecule has 0 aliphatic carbocycles. The second-order valence-electron chi connectivity index (χ2n) is 6.07. The number of aliphatic hydroxyl groups excluding tert-OH is 1. The Bertz CT molecular complexity index is 558. The van der Waals surface area contributed by atoms with Crippen LogP contribution in [0.5, 0.6) is 0 Å². The van der Waals surface area contributed by atoms with Gasteiger partial charge in [-0.1, -0.05) is 0 Å². The third-order valence-electron chi connectivity index (χ3n) is 4.65. The zero-order valence-electron chi connectivity index (χ0n) is 12.7. The number of amides is 1. The van der Waals surface area contributed by atoms with Gasteiger partial charge in [0.2, 0.25) is 0 Å². The van der Waals surface area contributed by atoms with E-state index in [0.717, 1.165) is 31.8 Å². The van der Waals surface area contributed by atoms with Gasteiger partial charge < -0.3 is 15.6 Å². The third-order valence-corrected chi connectivity index (χ3v) is 4.65. The highest BCUT2D eigenvalue weighted by atomic mass is 16.5. The summed E-state index contributed by atoms with van der Waals surface area (Å²) in [7, 11) is 0. The fraction of sp³-hybridized carbons (Fsp3) is 0.667. The lowest BCUT2D eigenvalue weighted by Crippen LogP contribution is -2.46. The van der Waals surface area contributed by atoms with Crippen molar-refractivity contribution in [3.05, 3.63) is 23.3 Å². The van der Waals surface area contributed by atoms with Crippen LogP contribution in [0.25, 0.3) is 0 Å². The van der Waals surface area contributed by atoms with Crippen LogP contribution in [0.15, 0.2) is 6.20 Å². The number of piperidine rings is 1. The van der Waals surface area contributed by atoms with E-state index in [1.54, 1.807) is 6.92 Å². The van der Waals surface area contributed by atoms with Gasteiger partial charge in [-0.15, -0.1) is 0 Å². The standard InChI is InChI=1S/C15H22N4O3/c1-9-11(14(16)21)6-17-15(18-9)10-2-4-19(5-3-10)12-7-22-8-13(12)20/h6,10,12-13,20H,2-5,7-8H2,1H3,(H2,16,21). The van der Waals surface area contributed by atoms with Crippen molar-refractivity contribution in [1.82, 2.24) is 14.9 Å². The number of nitrogens with two attached hydrogens (primary N) is 1. The van der Waals surface area contributed by atoms with E-state index in [-0.39, 0.29) is 18.1 Å². The molecule has 0 bridgehead atoms. The number of carbonyl (C=O) groups excluding carboxylic acids is 1. The zero-order valence-corrected chi connectivity index (χ0v) is 12.7. The maximum absolute atomic E-state index is 11.2. The van der Waals surface area contributed by atoms with E-state index in [0.29, 0.717) is 24.5 Å². The van der Waals surface area contributed by atoms with Crippen LogP contribution in [0.2, 0.25) is 0 Å². The highest BCUT2D eigenvalue weighted by molar-refractivity contribution is 5.93. The van der Waals surface area contributed by atoms with E-state index < -0.39 is 5.91 Å². The van der Waals surface area contributed by atoms with Gasteiger partial charge in [0.1, 0.15) is 5.82 Å². The third kappa shape index (κ3) is 2.97. The SMILES string of the molecule is Cc1nc(C2CCN(C3COCC3O)CC2)ncc1C(N)=O. The molecule has 120 valence electrons. The van der Waals surface area contributed by atoms with Crippen molar-refractivity contribution in [2.45, 2.75) is 37.8 Å². The minimum absolute atomic E-state index is 0.112. The van der Waals surface area contributed by atoms with Gasteiger partial charge in [0, 0.05) is 12.1 Å². The van der Waals surface area contributed by atoms with Crippen molar-refractivity contribution in [2.24, 2.45) is 5.73 Å². The van der Waals surface area contributed by atoms with Gasteiger partial charge in [-0.25, -0.2) is 9.97 Å². The number of rotatable bonds is 3. The Morgan fingerprint density at radius 1 is 1.41 bits per heavy atom. The Balaban J connectivity index is 1.64. The largest absolute Gasteiger partial charge is 0.389 e. The first kappa shape index (κ1) is 15.3. The molecule has 0 spiro atoms. The summed E-state index contributed by atoms with van der Waals surface area (Å²) in [5, 5.41) is 9.91. The molecule has 3 heterocycles. The van der Waals surface area contributed by atoms with Gasteiger partial charge in [-0.3, -0.25) is 9.69 Å². The molecule has 2 atom stereocenters. The topological polar surface area (TPSA) is 102 Å². The lowest BCUT2D eigenvalue weighted by Gasteiger charge is -2.36. The van der Waals surface area contributed by atoms with Gasteiger partial charge in [0.15, 0.2) is 0 Å². The van der Waals surface area contributed by atoms with Crippen molar-refractivity contribution in [2.75, 3.05) is 26.3 Å². The van der Waals surface area contributed by atoms with Crippen molar-refractivity contribution >= 4 is 5.91 Å². The number of likely N-dealkylation sites (tertiary alicyclic amines) is 1. The van der Waals surface area contributed by atoms with E-state index in [4.69, 9.17) is 10.5 Å². The van der Waals surface area contributed by atoms with Gasteiger partial charge in [0.05, 0.1) is 36.6 Å². The molecule has 22 heavy (non-hydrogen) atoms. The summed E-state index contributed by atoms with van der Waals surface area (Å²) in [4.78, 5) is 22.3. The second-order valence-corrected chi connectivity index (χ2v) is 6.07. The first-order chi connectivity index (χ1) is 10.6. The fourth-order valence-electron chi connectivity index (χ4n) is 3.29. The summed E-state index contributed by atoms with van der Waals surface area (Å²) >= 11 is 0. The zero-order chi connectivity index (χ0) is 15.7. The highest BCUT2D eigenvalue weighted by Gasteiger charge is 2.34. The van der Waals surface area contributed by atoms with Gasteiger partial charge in [-0.2, -0.15) is 0 Å². The van der Waals surface area contributed by atoms with Gasteiger partial charge in [-0.05, 0) is 32.9 Å². The molecule has 7 nitrogen and oxygen atoms in total. The molecule has 1 aromatic rings. The molecule has 2 saturated heterocycles. The fourth-order valence-corrected chi connectivity index (χ4v) is 3.29. The normalized spacial score (nSPS) is 27.2. The molecular formula is C15H22N4O3. The summed E-state index contributed by atoms with van der Waals surface area (Å²) < 4.78 is 5.33. The quantitative estimate of drug-likeness (QED) is 0.803. The first-order valence-corrected chi connectivity index (χ1v) is 7.69. The molecule has 2 unspecified atom stereocenters.